The molecule has 1 saturated heterocycles. The van der Waals surface area contributed by atoms with Crippen LogP contribution in [0, 0.1) is 0 Å². The Morgan fingerprint density at radius 1 is 1.25 bits per heavy atom. The van der Waals surface area contributed by atoms with Crippen molar-refractivity contribution in [1.82, 2.24) is 9.47 Å². The summed E-state index contributed by atoms with van der Waals surface area (Å²) in [5.74, 6) is 0. The first-order valence-electron chi connectivity index (χ1n) is 9.04. The Hall–Kier alpha value is -1.65. The first kappa shape index (κ1) is 15.9. The number of morpholine rings is 1. The molecule has 1 aromatic heterocycles. The summed E-state index contributed by atoms with van der Waals surface area (Å²) < 4.78 is 7.98. The van der Waals surface area contributed by atoms with Gasteiger partial charge in [-0.05, 0) is 37.3 Å². The van der Waals surface area contributed by atoms with E-state index in [9.17, 15) is 4.79 Å². The van der Waals surface area contributed by atoms with Crippen LogP contribution in [0.3, 0.4) is 0 Å². The summed E-state index contributed by atoms with van der Waals surface area (Å²) in [6, 6.07) is 10.5. The highest BCUT2D eigenvalue weighted by atomic mass is 16.5. The Bertz CT molecular complexity index is 805. The summed E-state index contributed by atoms with van der Waals surface area (Å²) in [6.45, 7) is 4.63. The van der Waals surface area contributed by atoms with Gasteiger partial charge in [0.1, 0.15) is 0 Å². The topological polar surface area (TPSA) is 34.5 Å². The molecule has 2 fully saturated rings. The summed E-state index contributed by atoms with van der Waals surface area (Å²) in [6.07, 6.45) is 4.85. The molecular formula is C20H26N2O2. The first-order valence-corrected chi connectivity index (χ1v) is 9.04. The summed E-state index contributed by atoms with van der Waals surface area (Å²) in [5.41, 5.74) is 2.04. The van der Waals surface area contributed by atoms with Gasteiger partial charge in [0.15, 0.2) is 0 Å². The van der Waals surface area contributed by atoms with Crippen LogP contribution in [0.25, 0.3) is 10.9 Å². The molecule has 1 aliphatic heterocycles. The van der Waals surface area contributed by atoms with Gasteiger partial charge in [-0.15, -0.1) is 0 Å². The number of para-hydroxylation sites is 1. The molecule has 128 valence electrons. The van der Waals surface area contributed by atoms with Crippen molar-refractivity contribution in [2.24, 2.45) is 7.05 Å². The monoisotopic (exact) mass is 326 g/mol. The zero-order chi connectivity index (χ0) is 16.7. The third-order valence-corrected chi connectivity index (χ3v) is 5.84. The Labute approximate surface area is 143 Å². The lowest BCUT2D eigenvalue weighted by Crippen LogP contribution is -2.54. The molecule has 0 bridgehead atoms. The predicted molar refractivity (Wildman–Crippen MR) is 96.2 cm³/mol. The number of rotatable bonds is 2. The molecule has 2 heterocycles. The highest BCUT2D eigenvalue weighted by Crippen LogP contribution is 2.37. The molecule has 2 aromatic rings. The molecular weight excluding hydrogens is 300 g/mol. The molecule has 0 N–H and O–H groups in total. The summed E-state index contributed by atoms with van der Waals surface area (Å²) >= 11 is 0. The zero-order valence-electron chi connectivity index (χ0n) is 14.6. The van der Waals surface area contributed by atoms with Gasteiger partial charge in [0.05, 0.1) is 17.7 Å². The van der Waals surface area contributed by atoms with Gasteiger partial charge in [-0.1, -0.05) is 31.0 Å². The molecule has 1 saturated carbocycles. The number of hydrogen-bond acceptors (Lipinski definition) is 3. The van der Waals surface area contributed by atoms with Crippen molar-refractivity contribution in [3.8, 4) is 0 Å². The minimum Gasteiger partial charge on any atom is -0.372 e. The van der Waals surface area contributed by atoms with Crippen molar-refractivity contribution in [2.45, 2.75) is 50.8 Å². The van der Waals surface area contributed by atoms with Gasteiger partial charge in [0.25, 0.3) is 5.56 Å². The maximum atomic E-state index is 12.8. The van der Waals surface area contributed by atoms with Gasteiger partial charge in [-0.25, -0.2) is 0 Å². The van der Waals surface area contributed by atoms with Gasteiger partial charge in [0.2, 0.25) is 0 Å². The summed E-state index contributed by atoms with van der Waals surface area (Å²) in [7, 11) is 1.87. The van der Waals surface area contributed by atoms with E-state index in [1.807, 2.05) is 25.2 Å². The number of hydrogen-bond donors (Lipinski definition) is 0. The van der Waals surface area contributed by atoms with E-state index in [4.69, 9.17) is 4.74 Å². The number of nitrogens with zero attached hydrogens (tertiary/aromatic N) is 2. The van der Waals surface area contributed by atoms with Crippen LogP contribution in [0.2, 0.25) is 0 Å². The maximum Gasteiger partial charge on any atom is 0.255 e. The highest BCUT2D eigenvalue weighted by molar-refractivity contribution is 5.79. The Morgan fingerprint density at radius 3 is 2.79 bits per heavy atom. The maximum absolute atomic E-state index is 12.8. The Balaban J connectivity index is 1.65. The van der Waals surface area contributed by atoms with Crippen molar-refractivity contribution < 1.29 is 4.74 Å². The lowest BCUT2D eigenvalue weighted by molar-refractivity contribution is -0.129. The van der Waals surface area contributed by atoms with Crippen molar-refractivity contribution >= 4 is 10.9 Å². The van der Waals surface area contributed by atoms with Crippen molar-refractivity contribution in [3.05, 3.63) is 46.2 Å². The van der Waals surface area contributed by atoms with E-state index in [-0.39, 0.29) is 11.2 Å². The number of ether oxygens (including phenoxy) is 1. The highest BCUT2D eigenvalue weighted by Gasteiger charge is 2.41. The van der Waals surface area contributed by atoms with Crippen LogP contribution < -0.4 is 5.56 Å². The molecule has 1 spiro atoms. The molecule has 4 rings (SSSR count). The zero-order valence-corrected chi connectivity index (χ0v) is 14.6. The van der Waals surface area contributed by atoms with E-state index in [1.165, 1.54) is 12.8 Å². The first-order chi connectivity index (χ1) is 11.6. The lowest BCUT2D eigenvalue weighted by Gasteiger charge is -2.44. The number of aromatic nitrogens is 1. The van der Waals surface area contributed by atoms with E-state index >= 15 is 0 Å². The Morgan fingerprint density at radius 2 is 2.00 bits per heavy atom. The molecule has 0 amide bonds. The van der Waals surface area contributed by atoms with Crippen LogP contribution in [0.1, 0.15) is 38.2 Å². The summed E-state index contributed by atoms with van der Waals surface area (Å²) in [5, 5.41) is 1.13. The smallest absolute Gasteiger partial charge is 0.255 e. The molecule has 4 heteroatoms. The molecule has 1 aromatic carbocycles. The second kappa shape index (κ2) is 6.01. The largest absolute Gasteiger partial charge is 0.372 e. The minimum atomic E-state index is 0.0363. The second-order valence-electron chi connectivity index (χ2n) is 7.55. The van der Waals surface area contributed by atoms with Gasteiger partial charge in [-0.3, -0.25) is 9.69 Å². The lowest BCUT2D eigenvalue weighted by atomic mass is 9.97. The fourth-order valence-electron chi connectivity index (χ4n) is 4.33. The van der Waals surface area contributed by atoms with Gasteiger partial charge in [-0.2, -0.15) is 0 Å². The SMILES string of the molecule is CC1COC2(CCCC2)CN1Cc1cc2ccccc2n(C)c1=O. The van der Waals surface area contributed by atoms with Gasteiger partial charge < -0.3 is 9.30 Å². The van der Waals surface area contributed by atoms with Crippen LogP contribution in [0.4, 0.5) is 0 Å². The fourth-order valence-corrected chi connectivity index (χ4v) is 4.33. The van der Waals surface area contributed by atoms with Crippen molar-refractivity contribution in [2.75, 3.05) is 13.2 Å². The third kappa shape index (κ3) is 2.68. The van der Waals surface area contributed by atoms with Gasteiger partial charge >= 0.3 is 0 Å². The second-order valence-corrected chi connectivity index (χ2v) is 7.55. The fraction of sp³-hybridized carbons (Fsp3) is 0.550. The quantitative estimate of drug-likeness (QED) is 0.850. The molecule has 1 aliphatic carbocycles. The average Bonchev–Trinajstić information content (AvgIpc) is 3.04. The number of aryl methyl sites for hydroxylation is 1. The van der Waals surface area contributed by atoms with E-state index in [0.717, 1.165) is 42.5 Å². The van der Waals surface area contributed by atoms with Crippen LogP contribution in [0.15, 0.2) is 35.1 Å². The molecule has 2 aliphatic rings. The average molecular weight is 326 g/mol. The standard InChI is InChI=1S/C20H26N2O2/c1-15-13-24-20(9-5-6-10-20)14-22(15)12-17-11-16-7-3-4-8-18(16)21(2)19(17)23/h3-4,7-8,11,15H,5-6,9-10,12-14H2,1-2H3. The molecule has 1 atom stereocenters. The van der Waals surface area contributed by atoms with Crippen LogP contribution in [0.5, 0.6) is 0 Å². The van der Waals surface area contributed by atoms with Crippen LogP contribution in [-0.2, 0) is 18.3 Å². The number of fused-ring (bicyclic) bond motifs is 1. The molecule has 1 unspecified atom stereocenters. The van der Waals surface area contributed by atoms with Crippen molar-refractivity contribution in [3.63, 3.8) is 0 Å². The van der Waals surface area contributed by atoms with E-state index in [0.29, 0.717) is 12.6 Å². The molecule has 4 nitrogen and oxygen atoms in total. The number of pyridine rings is 1. The van der Waals surface area contributed by atoms with Crippen LogP contribution >= 0.6 is 0 Å². The molecule has 24 heavy (non-hydrogen) atoms. The van der Waals surface area contributed by atoms with Crippen LogP contribution in [-0.4, -0.2) is 34.3 Å². The van der Waals surface area contributed by atoms with E-state index < -0.39 is 0 Å². The van der Waals surface area contributed by atoms with E-state index in [1.54, 1.807) is 4.57 Å². The van der Waals surface area contributed by atoms with E-state index in [2.05, 4.69) is 24.0 Å². The minimum absolute atomic E-state index is 0.0363. The predicted octanol–water partition coefficient (Wildman–Crippen LogP) is 3.07. The third-order valence-electron chi connectivity index (χ3n) is 5.84. The number of benzene rings is 1. The normalized spacial score (nSPS) is 24.0. The van der Waals surface area contributed by atoms with Crippen molar-refractivity contribution in [1.29, 1.82) is 0 Å². The Kier molecular flexibility index (Phi) is 3.97. The summed E-state index contributed by atoms with van der Waals surface area (Å²) in [4.78, 5) is 15.2. The molecule has 0 radical (unpaired) electrons. The van der Waals surface area contributed by atoms with Gasteiger partial charge in [0, 0.05) is 31.7 Å².